The third-order valence-corrected chi connectivity index (χ3v) is 1.31. The van der Waals surface area contributed by atoms with Gasteiger partial charge in [-0.25, -0.2) is 4.79 Å². The number of aromatic nitrogens is 2. The van der Waals surface area contributed by atoms with Crippen LogP contribution in [0.3, 0.4) is 0 Å². The molecular formula is C6H10N2O2. The van der Waals surface area contributed by atoms with Gasteiger partial charge in [-0.1, -0.05) is 0 Å². The van der Waals surface area contributed by atoms with Gasteiger partial charge in [0.15, 0.2) is 0 Å². The summed E-state index contributed by atoms with van der Waals surface area (Å²) in [6.07, 6.45) is 1.28. The highest BCUT2D eigenvalue weighted by Crippen LogP contribution is 2.09. The molecule has 1 rings (SSSR count). The Balaban J connectivity index is 3.23. The molecule has 0 fully saturated rings. The highest BCUT2D eigenvalue weighted by Gasteiger charge is 2.06. The van der Waals surface area contributed by atoms with Crippen molar-refractivity contribution in [1.82, 2.24) is 9.55 Å². The lowest BCUT2D eigenvalue weighted by atomic mass is 10.4. The summed E-state index contributed by atoms with van der Waals surface area (Å²) in [5.41, 5.74) is -0.271. The van der Waals surface area contributed by atoms with Crippen molar-refractivity contribution in [2.75, 3.05) is 0 Å². The van der Waals surface area contributed by atoms with Gasteiger partial charge in [0, 0.05) is 6.04 Å². The van der Waals surface area contributed by atoms with Crippen molar-refractivity contribution < 1.29 is 5.11 Å². The van der Waals surface area contributed by atoms with Crippen LogP contribution in [0, 0.1) is 0 Å². The highest BCUT2D eigenvalue weighted by atomic mass is 16.3. The average molecular weight is 142 g/mol. The van der Waals surface area contributed by atoms with Gasteiger partial charge >= 0.3 is 5.69 Å². The Morgan fingerprint density at radius 3 is 2.50 bits per heavy atom. The maximum absolute atomic E-state index is 10.8. The number of imidazole rings is 1. The molecule has 0 aliphatic rings. The van der Waals surface area contributed by atoms with E-state index in [2.05, 4.69) is 4.98 Å². The molecule has 0 amide bonds. The van der Waals surface area contributed by atoms with Crippen LogP contribution in [0.5, 0.6) is 5.88 Å². The van der Waals surface area contributed by atoms with Crippen LogP contribution in [-0.2, 0) is 0 Å². The molecule has 0 spiro atoms. The second kappa shape index (κ2) is 2.21. The maximum atomic E-state index is 10.8. The standard InChI is InChI=1S/C6H10N2O2/c1-4(2)8-5(9)3-7-6(8)10/h3-4,9H,1-2H3,(H,7,10). The molecule has 10 heavy (non-hydrogen) atoms. The molecule has 0 saturated carbocycles. The predicted molar refractivity (Wildman–Crippen MR) is 37.1 cm³/mol. The van der Waals surface area contributed by atoms with Crippen LogP contribution in [0.25, 0.3) is 0 Å². The summed E-state index contributed by atoms with van der Waals surface area (Å²) >= 11 is 0. The molecule has 2 N–H and O–H groups in total. The number of nitrogens with zero attached hydrogens (tertiary/aromatic N) is 1. The van der Waals surface area contributed by atoms with Crippen LogP contribution in [0.15, 0.2) is 11.0 Å². The SMILES string of the molecule is CC(C)n1c(O)c[nH]c1=O. The second-order valence-electron chi connectivity index (χ2n) is 2.42. The number of aromatic hydroxyl groups is 1. The largest absolute Gasteiger partial charge is 0.493 e. The van der Waals surface area contributed by atoms with Crippen molar-refractivity contribution in [1.29, 1.82) is 0 Å². The van der Waals surface area contributed by atoms with Crippen molar-refractivity contribution in [2.24, 2.45) is 0 Å². The minimum absolute atomic E-state index is 0.00116. The molecule has 0 saturated heterocycles. The normalized spacial score (nSPS) is 10.7. The summed E-state index contributed by atoms with van der Waals surface area (Å²) in [6.45, 7) is 3.66. The van der Waals surface area contributed by atoms with Crippen molar-refractivity contribution in [3.8, 4) is 5.88 Å². The van der Waals surface area contributed by atoms with E-state index < -0.39 is 0 Å². The molecule has 0 bridgehead atoms. The first-order valence-corrected chi connectivity index (χ1v) is 3.12. The Hall–Kier alpha value is -1.19. The molecular weight excluding hydrogens is 132 g/mol. The van der Waals surface area contributed by atoms with Gasteiger partial charge in [-0.2, -0.15) is 0 Å². The van der Waals surface area contributed by atoms with E-state index in [9.17, 15) is 4.79 Å². The lowest BCUT2D eigenvalue weighted by Gasteiger charge is -2.04. The summed E-state index contributed by atoms with van der Waals surface area (Å²) < 4.78 is 1.28. The van der Waals surface area contributed by atoms with Gasteiger partial charge in [-0.3, -0.25) is 4.57 Å². The minimum Gasteiger partial charge on any atom is -0.493 e. The molecule has 0 unspecified atom stereocenters. The molecule has 0 radical (unpaired) electrons. The van der Waals surface area contributed by atoms with E-state index in [1.807, 2.05) is 13.8 Å². The van der Waals surface area contributed by atoms with Crippen LogP contribution in [0.4, 0.5) is 0 Å². The number of nitrogens with one attached hydrogen (secondary N) is 1. The lowest BCUT2D eigenvalue weighted by molar-refractivity contribution is 0.395. The molecule has 1 aromatic rings. The minimum atomic E-state index is -0.271. The lowest BCUT2D eigenvalue weighted by Crippen LogP contribution is -2.18. The van der Waals surface area contributed by atoms with Gasteiger partial charge in [-0.15, -0.1) is 0 Å². The predicted octanol–water partition coefficient (Wildman–Crippen LogP) is 0.463. The zero-order valence-corrected chi connectivity index (χ0v) is 5.96. The van der Waals surface area contributed by atoms with E-state index >= 15 is 0 Å². The summed E-state index contributed by atoms with van der Waals surface area (Å²) in [5, 5.41) is 9.03. The van der Waals surface area contributed by atoms with Gasteiger partial charge in [0.05, 0.1) is 6.20 Å². The Kier molecular flexibility index (Phi) is 1.53. The van der Waals surface area contributed by atoms with Gasteiger partial charge in [0.25, 0.3) is 0 Å². The van der Waals surface area contributed by atoms with Crippen LogP contribution >= 0.6 is 0 Å². The number of aromatic amines is 1. The van der Waals surface area contributed by atoms with Crippen molar-refractivity contribution in [3.05, 3.63) is 16.7 Å². The van der Waals surface area contributed by atoms with E-state index in [1.165, 1.54) is 10.8 Å². The molecule has 1 heterocycles. The van der Waals surface area contributed by atoms with Crippen molar-refractivity contribution in [3.63, 3.8) is 0 Å². The molecule has 0 aromatic carbocycles. The quantitative estimate of drug-likeness (QED) is 0.598. The van der Waals surface area contributed by atoms with E-state index in [0.29, 0.717) is 0 Å². The van der Waals surface area contributed by atoms with E-state index in [4.69, 9.17) is 5.11 Å². The first-order chi connectivity index (χ1) is 4.63. The first kappa shape index (κ1) is 6.92. The summed E-state index contributed by atoms with van der Waals surface area (Å²) in [6, 6.07) is -0.00116. The molecule has 0 aliphatic carbocycles. The van der Waals surface area contributed by atoms with Crippen molar-refractivity contribution in [2.45, 2.75) is 19.9 Å². The van der Waals surface area contributed by atoms with Crippen LogP contribution in [0.2, 0.25) is 0 Å². The summed E-state index contributed by atoms with van der Waals surface area (Å²) in [7, 11) is 0. The smallest absolute Gasteiger partial charge is 0.328 e. The zero-order valence-electron chi connectivity index (χ0n) is 5.96. The Labute approximate surface area is 58.1 Å². The molecule has 0 aliphatic heterocycles. The summed E-state index contributed by atoms with van der Waals surface area (Å²) in [4.78, 5) is 13.2. The fourth-order valence-electron chi connectivity index (χ4n) is 0.868. The number of H-pyrrole nitrogens is 1. The van der Waals surface area contributed by atoms with Crippen molar-refractivity contribution >= 4 is 0 Å². The van der Waals surface area contributed by atoms with Crippen LogP contribution in [-0.4, -0.2) is 14.7 Å². The first-order valence-electron chi connectivity index (χ1n) is 3.12. The molecule has 56 valence electrons. The van der Waals surface area contributed by atoms with E-state index in [0.717, 1.165) is 0 Å². The number of rotatable bonds is 1. The Morgan fingerprint density at radius 1 is 1.70 bits per heavy atom. The Morgan fingerprint density at radius 2 is 2.30 bits per heavy atom. The molecule has 0 atom stereocenters. The third-order valence-electron chi connectivity index (χ3n) is 1.31. The van der Waals surface area contributed by atoms with Gasteiger partial charge in [-0.05, 0) is 13.8 Å². The molecule has 4 heteroatoms. The zero-order chi connectivity index (χ0) is 7.72. The monoisotopic (exact) mass is 142 g/mol. The topological polar surface area (TPSA) is 58.0 Å². The van der Waals surface area contributed by atoms with Gasteiger partial charge in [0.2, 0.25) is 5.88 Å². The average Bonchev–Trinajstić information content (AvgIpc) is 2.11. The number of hydrogen-bond donors (Lipinski definition) is 2. The maximum Gasteiger partial charge on any atom is 0.328 e. The van der Waals surface area contributed by atoms with E-state index in [1.54, 1.807) is 0 Å². The fourth-order valence-corrected chi connectivity index (χ4v) is 0.868. The summed E-state index contributed by atoms with van der Waals surface area (Å²) in [5.74, 6) is -0.0139. The van der Waals surface area contributed by atoms with Gasteiger partial charge in [0.1, 0.15) is 0 Å². The van der Waals surface area contributed by atoms with E-state index in [-0.39, 0.29) is 17.6 Å². The molecule has 4 nitrogen and oxygen atoms in total. The van der Waals surface area contributed by atoms with Gasteiger partial charge < -0.3 is 10.1 Å². The fraction of sp³-hybridized carbons (Fsp3) is 0.500. The third kappa shape index (κ3) is 0.920. The van der Waals surface area contributed by atoms with Crippen LogP contribution < -0.4 is 5.69 Å². The number of hydrogen-bond acceptors (Lipinski definition) is 2. The second-order valence-corrected chi connectivity index (χ2v) is 2.42. The highest BCUT2D eigenvalue weighted by molar-refractivity contribution is 5.03. The molecule has 1 aromatic heterocycles. The Bertz CT molecular complexity index is 272. The van der Waals surface area contributed by atoms with Crippen LogP contribution in [0.1, 0.15) is 19.9 Å².